The van der Waals surface area contributed by atoms with Crippen molar-refractivity contribution in [2.45, 2.75) is 85.1 Å². The van der Waals surface area contributed by atoms with E-state index in [2.05, 4.69) is 145 Å². The Labute approximate surface area is 249 Å². The fourth-order valence-corrected chi connectivity index (χ4v) is 6.36. The molecule has 4 rings (SSSR count). The molecule has 0 aromatic heterocycles. The summed E-state index contributed by atoms with van der Waals surface area (Å²) in [5.41, 5.74) is 1.59. The average molecular weight is 693 g/mol. The van der Waals surface area contributed by atoms with E-state index < -0.39 is 11.2 Å². The van der Waals surface area contributed by atoms with E-state index in [4.69, 9.17) is 19.5 Å². The molecule has 2 aliphatic rings. The molecule has 38 heavy (non-hydrogen) atoms. The molecule has 0 N–H and O–H groups in total. The summed E-state index contributed by atoms with van der Waals surface area (Å²) >= 11 is 6.00. The van der Waals surface area contributed by atoms with Gasteiger partial charge in [-0.3, -0.25) is 0 Å². The summed E-state index contributed by atoms with van der Waals surface area (Å²) in [7, 11) is 1.25. The molecule has 2 aliphatic heterocycles. The second-order valence-corrected chi connectivity index (χ2v) is 16.4. The molecule has 212 valence electrons. The summed E-state index contributed by atoms with van der Waals surface area (Å²) in [5.74, 6) is 2.64. The van der Waals surface area contributed by atoms with Crippen molar-refractivity contribution in [3.8, 4) is 0 Å². The van der Waals surface area contributed by atoms with Crippen LogP contribution in [-0.2, 0) is 20.4 Å². The van der Waals surface area contributed by atoms with Crippen molar-refractivity contribution in [3.05, 3.63) is 71.8 Å². The Morgan fingerprint density at radius 3 is 1.18 bits per heavy atom. The van der Waals surface area contributed by atoms with Gasteiger partial charge in [0, 0.05) is 0 Å². The van der Waals surface area contributed by atoms with Gasteiger partial charge in [0.2, 0.25) is 0 Å². The first kappa shape index (κ1) is 31.4. The van der Waals surface area contributed by atoms with Gasteiger partial charge in [-0.15, -0.1) is 0 Å². The van der Waals surface area contributed by atoms with Gasteiger partial charge in [-0.2, -0.15) is 0 Å². The summed E-state index contributed by atoms with van der Waals surface area (Å²) in [4.78, 5) is 10.4. The van der Waals surface area contributed by atoms with Crippen molar-refractivity contribution in [1.29, 1.82) is 0 Å². The van der Waals surface area contributed by atoms with Crippen LogP contribution in [0, 0.1) is 23.7 Å². The van der Waals surface area contributed by atoms with Crippen LogP contribution in [0.15, 0.2) is 70.6 Å². The molecule has 0 spiro atoms. The van der Waals surface area contributed by atoms with Gasteiger partial charge in [0.05, 0.1) is 6.42 Å². The number of halogens is 2. The number of hydrogen-bond acceptors (Lipinski definition) is 4. The summed E-state index contributed by atoms with van der Waals surface area (Å²) in [6, 6.07) is 21.0. The standard InChI is InChI=1S/C31H42N2O2.2BrH.Ni/c1-20(2)30(21(3)4)28(24-15-11-9-12-16-24)32-26(34-30)19-27-33-29(25-17-13-10-14-18-25)31(35-27,22(5)6)23(7)8;;;/h9-18,20-23,28-29H,19H2,1-8H3;2*1H;/q;;;+2/p-2/t28-,29-;;;/m1.../s1. The molecule has 0 radical (unpaired) electrons. The minimum absolute atomic E-state index is 0.0504. The molecular formula is C31H42Br2N2NiO2. The van der Waals surface area contributed by atoms with E-state index in [0.717, 1.165) is 11.8 Å². The molecule has 0 saturated heterocycles. The minimum atomic E-state index is -0.401. The maximum atomic E-state index is 6.82. The van der Waals surface area contributed by atoms with Crippen LogP contribution < -0.4 is 0 Å². The molecule has 2 aromatic rings. The zero-order chi connectivity index (χ0) is 28.1. The van der Waals surface area contributed by atoms with Gasteiger partial charge in [-0.05, 0) is 34.8 Å². The quantitative estimate of drug-likeness (QED) is 0.259. The molecule has 2 heterocycles. The fraction of sp³-hybridized carbons (Fsp3) is 0.548. The Morgan fingerprint density at radius 1 is 0.632 bits per heavy atom. The SMILES string of the molecule is CC(C)C1(C(C)C)OC(CC2=N[C@H](c3ccccc3)C(C(C)C)(C(C)C)O2)=N[C@@H]1c1ccccc1.[Br][Ni][Br]. The molecule has 0 amide bonds. The number of rotatable bonds is 8. The maximum absolute atomic E-state index is 6.82. The summed E-state index contributed by atoms with van der Waals surface area (Å²) in [6.45, 7) is 17.9. The van der Waals surface area contributed by atoms with Crippen LogP contribution in [0.4, 0.5) is 0 Å². The van der Waals surface area contributed by atoms with Gasteiger partial charge >= 0.3 is 39.3 Å². The van der Waals surface area contributed by atoms with Gasteiger partial charge in [-0.25, -0.2) is 9.98 Å². The van der Waals surface area contributed by atoms with E-state index in [1.165, 1.54) is 22.0 Å². The van der Waals surface area contributed by atoms with Crippen LogP contribution in [0.1, 0.15) is 85.0 Å². The van der Waals surface area contributed by atoms with Crippen molar-refractivity contribution in [1.82, 2.24) is 0 Å². The Morgan fingerprint density at radius 2 is 0.921 bits per heavy atom. The summed E-state index contributed by atoms with van der Waals surface area (Å²) < 4.78 is 13.6. The molecule has 2 aromatic carbocycles. The van der Waals surface area contributed by atoms with E-state index in [9.17, 15) is 0 Å². The van der Waals surface area contributed by atoms with Gasteiger partial charge in [0.25, 0.3) is 0 Å². The van der Waals surface area contributed by atoms with Crippen molar-refractivity contribution >= 4 is 40.2 Å². The molecule has 0 fully saturated rings. The number of benzene rings is 2. The van der Waals surface area contributed by atoms with Crippen molar-refractivity contribution in [3.63, 3.8) is 0 Å². The monoisotopic (exact) mass is 690 g/mol. The van der Waals surface area contributed by atoms with Gasteiger partial charge in [-0.1, -0.05) is 116 Å². The predicted molar refractivity (Wildman–Crippen MR) is 163 cm³/mol. The third-order valence-corrected chi connectivity index (χ3v) is 8.13. The second kappa shape index (κ2) is 13.5. The molecule has 7 heteroatoms. The van der Waals surface area contributed by atoms with Gasteiger partial charge in [0.15, 0.2) is 11.8 Å². The van der Waals surface area contributed by atoms with Crippen molar-refractivity contribution < 1.29 is 20.4 Å². The number of hydrogen-bond donors (Lipinski definition) is 0. The zero-order valence-electron chi connectivity index (χ0n) is 23.7. The summed E-state index contributed by atoms with van der Waals surface area (Å²) in [5, 5.41) is 0. The Hall–Kier alpha value is -1.17. The molecule has 0 bridgehead atoms. The predicted octanol–water partition coefficient (Wildman–Crippen LogP) is 9.51. The zero-order valence-corrected chi connectivity index (χ0v) is 27.9. The molecule has 0 aliphatic carbocycles. The van der Waals surface area contributed by atoms with E-state index in [-0.39, 0.29) is 12.1 Å². The average Bonchev–Trinajstić information content (AvgIpc) is 3.47. The second-order valence-electron chi connectivity index (χ2n) is 11.4. The normalized spacial score (nSPS) is 21.7. The number of aliphatic imine (C=N–C) groups is 2. The van der Waals surface area contributed by atoms with E-state index in [0.29, 0.717) is 30.1 Å². The third-order valence-electron chi connectivity index (χ3n) is 8.13. The molecule has 4 nitrogen and oxygen atoms in total. The van der Waals surface area contributed by atoms with Gasteiger partial charge in [0.1, 0.15) is 23.3 Å². The van der Waals surface area contributed by atoms with Crippen LogP contribution in [0.25, 0.3) is 0 Å². The van der Waals surface area contributed by atoms with Crippen LogP contribution in [0.3, 0.4) is 0 Å². The van der Waals surface area contributed by atoms with Crippen molar-refractivity contribution in [2.75, 3.05) is 0 Å². The van der Waals surface area contributed by atoms with Crippen molar-refractivity contribution in [2.24, 2.45) is 33.7 Å². The van der Waals surface area contributed by atoms with Crippen LogP contribution in [-0.4, -0.2) is 23.0 Å². The third kappa shape index (κ3) is 6.10. The number of ether oxygens (including phenoxy) is 2. The van der Waals surface area contributed by atoms with E-state index in [1.807, 2.05) is 0 Å². The van der Waals surface area contributed by atoms with E-state index in [1.54, 1.807) is 0 Å². The molecule has 0 unspecified atom stereocenters. The van der Waals surface area contributed by atoms with Crippen LogP contribution in [0.2, 0.25) is 0 Å². The Bertz CT molecular complexity index is 986. The van der Waals surface area contributed by atoms with Crippen LogP contribution in [0.5, 0.6) is 0 Å². The number of nitrogens with zero attached hydrogens (tertiary/aromatic N) is 2. The molecule has 0 saturated carbocycles. The molecular weight excluding hydrogens is 651 g/mol. The first-order valence-electron chi connectivity index (χ1n) is 13.5. The fourth-order valence-electron chi connectivity index (χ4n) is 6.36. The van der Waals surface area contributed by atoms with E-state index >= 15 is 0 Å². The first-order valence-corrected chi connectivity index (χ1v) is 18.4. The van der Waals surface area contributed by atoms with Gasteiger partial charge < -0.3 is 9.47 Å². The van der Waals surface area contributed by atoms with Crippen LogP contribution >= 0.6 is 28.5 Å². The Kier molecular flexibility index (Phi) is 11.1. The summed E-state index contributed by atoms with van der Waals surface area (Å²) in [6.07, 6.45) is 0.481. The first-order chi connectivity index (χ1) is 18.0. The topological polar surface area (TPSA) is 43.2 Å². The molecule has 2 atom stereocenters. The Balaban J connectivity index is 0.00000127.